The van der Waals surface area contributed by atoms with Crippen LogP contribution in [0.15, 0.2) is 21.9 Å². The highest BCUT2D eigenvalue weighted by molar-refractivity contribution is 9.14. The van der Waals surface area contributed by atoms with Gasteiger partial charge in [-0.05, 0) is 19.4 Å². The Morgan fingerprint density at radius 1 is 1.50 bits per heavy atom. The maximum atomic E-state index is 12.0. The third-order valence-corrected chi connectivity index (χ3v) is 3.35. The van der Waals surface area contributed by atoms with Crippen molar-refractivity contribution < 1.29 is 14.0 Å². The Morgan fingerprint density at radius 2 is 2.20 bits per heavy atom. The van der Waals surface area contributed by atoms with Crippen molar-refractivity contribution in [3.63, 3.8) is 0 Å². The molecule has 0 aliphatic carbocycles. The summed E-state index contributed by atoms with van der Waals surface area (Å²) in [5, 5.41) is 2.68. The maximum absolute atomic E-state index is 12.0. The van der Waals surface area contributed by atoms with Crippen LogP contribution in [-0.2, 0) is 9.59 Å². The van der Waals surface area contributed by atoms with E-state index in [4.69, 9.17) is 4.42 Å². The number of amides is 2. The number of allylic oxidation sites excluding steroid dienone is 1. The first-order valence-corrected chi connectivity index (χ1v) is 6.79. The summed E-state index contributed by atoms with van der Waals surface area (Å²) in [4.78, 5) is 35.1. The van der Waals surface area contributed by atoms with Gasteiger partial charge in [0.2, 0.25) is 11.8 Å². The predicted octanol–water partition coefficient (Wildman–Crippen LogP) is -0.0915. The zero-order chi connectivity index (χ0) is 14.9. The molecule has 20 heavy (non-hydrogen) atoms. The Morgan fingerprint density at radius 3 is 2.75 bits per heavy atom. The smallest absolute Gasteiger partial charge is 0.407 e. The summed E-state index contributed by atoms with van der Waals surface area (Å²) in [6.07, 6.45) is 3.55. The molecule has 0 spiro atoms. The molecule has 2 rings (SSSR count). The molecule has 0 saturated carbocycles. The molecule has 1 saturated heterocycles. The Balaban J connectivity index is 2.70. The fourth-order valence-electron chi connectivity index (χ4n) is 2.13. The van der Waals surface area contributed by atoms with Gasteiger partial charge in [-0.15, -0.1) is 0 Å². The quantitative estimate of drug-likeness (QED) is 0.763. The minimum Gasteiger partial charge on any atom is -0.407 e. The van der Waals surface area contributed by atoms with Gasteiger partial charge in [-0.3, -0.25) is 19.5 Å². The van der Waals surface area contributed by atoms with Gasteiger partial charge in [0, 0.05) is 10.9 Å². The molecule has 1 aliphatic heterocycles. The van der Waals surface area contributed by atoms with Gasteiger partial charge in [-0.1, -0.05) is 28.6 Å². The van der Waals surface area contributed by atoms with E-state index in [1.807, 2.05) is 0 Å². The van der Waals surface area contributed by atoms with E-state index < -0.39 is 17.7 Å². The van der Waals surface area contributed by atoms with Crippen molar-refractivity contribution in [2.45, 2.75) is 25.8 Å². The van der Waals surface area contributed by atoms with E-state index in [-0.39, 0.29) is 18.7 Å². The van der Waals surface area contributed by atoms with Crippen LogP contribution < -0.4 is 21.8 Å². The molecular formula is C13H13BrN2O4. The number of nitrogens with zero attached hydrogens (tertiary/aromatic N) is 1. The summed E-state index contributed by atoms with van der Waals surface area (Å²) >= 11 is 3.26. The van der Waals surface area contributed by atoms with Crippen molar-refractivity contribution in [2.24, 2.45) is 0 Å². The second-order valence-corrected chi connectivity index (χ2v) is 5.54. The summed E-state index contributed by atoms with van der Waals surface area (Å²) in [6.45, 7) is 5.32. The van der Waals surface area contributed by atoms with Gasteiger partial charge in [-0.25, -0.2) is 4.79 Å². The van der Waals surface area contributed by atoms with Crippen molar-refractivity contribution in [1.82, 2.24) is 9.88 Å². The number of carbonyl (C=O) groups excluding carboxylic acids is 2. The largest absolute Gasteiger partial charge is 0.420 e. The van der Waals surface area contributed by atoms with E-state index in [1.54, 1.807) is 13.0 Å². The Bertz CT molecular complexity index is 752. The summed E-state index contributed by atoms with van der Waals surface area (Å²) < 4.78 is 7.05. The highest BCUT2D eigenvalue weighted by Gasteiger charge is 2.30. The molecule has 2 amide bonds. The summed E-state index contributed by atoms with van der Waals surface area (Å²) in [5.74, 6) is -1.47. The van der Waals surface area contributed by atoms with Crippen LogP contribution in [0.2, 0.25) is 0 Å². The van der Waals surface area contributed by atoms with Crippen molar-refractivity contribution in [2.75, 3.05) is 0 Å². The van der Waals surface area contributed by atoms with E-state index >= 15 is 0 Å². The summed E-state index contributed by atoms with van der Waals surface area (Å²) in [5.41, 5.74) is 0.347. The molecule has 2 heterocycles. The molecule has 106 valence electrons. The average molecular weight is 341 g/mol. The average Bonchev–Trinajstić information content (AvgIpc) is 2.68. The second-order valence-electron chi connectivity index (χ2n) is 4.36. The molecule has 1 atom stereocenters. The van der Waals surface area contributed by atoms with Crippen LogP contribution >= 0.6 is 15.9 Å². The van der Waals surface area contributed by atoms with Crippen LogP contribution in [0.4, 0.5) is 0 Å². The maximum Gasteiger partial charge on any atom is 0.420 e. The molecule has 1 aromatic heterocycles. The van der Waals surface area contributed by atoms with Crippen molar-refractivity contribution >= 4 is 38.3 Å². The number of halogens is 1. The first-order valence-electron chi connectivity index (χ1n) is 6.00. The number of imide groups is 1. The highest BCUT2D eigenvalue weighted by Crippen LogP contribution is 2.14. The lowest BCUT2D eigenvalue weighted by molar-refractivity contribution is -0.135. The van der Waals surface area contributed by atoms with Crippen LogP contribution in [0.3, 0.4) is 0 Å². The summed E-state index contributed by atoms with van der Waals surface area (Å²) in [6, 6.07) is -0.754. The van der Waals surface area contributed by atoms with Crippen molar-refractivity contribution in [1.29, 1.82) is 0 Å². The molecule has 1 N–H and O–H groups in total. The molecule has 0 aromatic carbocycles. The van der Waals surface area contributed by atoms with Crippen molar-refractivity contribution in [3.8, 4) is 0 Å². The number of piperidine rings is 1. The first-order chi connectivity index (χ1) is 9.45. The SMILES string of the molecule is C=C/C=c1\c(=C(/C)Br)oc(=O)n1C1CCC(=O)NC1=O. The van der Waals surface area contributed by atoms with E-state index in [0.717, 1.165) is 0 Å². The molecular weight excluding hydrogens is 328 g/mol. The lowest BCUT2D eigenvalue weighted by Gasteiger charge is -2.20. The van der Waals surface area contributed by atoms with Gasteiger partial charge in [0.25, 0.3) is 0 Å². The molecule has 1 fully saturated rings. The number of aromatic nitrogens is 1. The third-order valence-electron chi connectivity index (χ3n) is 2.99. The van der Waals surface area contributed by atoms with Gasteiger partial charge >= 0.3 is 5.76 Å². The molecule has 1 aliphatic rings. The van der Waals surface area contributed by atoms with Crippen molar-refractivity contribution in [3.05, 3.63) is 34.0 Å². The predicted molar refractivity (Wildman–Crippen MR) is 76.3 cm³/mol. The first kappa shape index (κ1) is 14.5. The minimum atomic E-state index is -0.754. The van der Waals surface area contributed by atoms with Gasteiger partial charge in [-0.2, -0.15) is 0 Å². The van der Waals surface area contributed by atoms with Crippen LogP contribution in [0, 0.1) is 0 Å². The molecule has 1 aromatic rings. The number of rotatable bonds is 2. The zero-order valence-electron chi connectivity index (χ0n) is 10.8. The normalized spacial score (nSPS) is 21.7. The second kappa shape index (κ2) is 5.62. The summed E-state index contributed by atoms with van der Waals surface area (Å²) in [7, 11) is 0. The minimum absolute atomic E-state index is 0.188. The van der Waals surface area contributed by atoms with Crippen LogP contribution in [-0.4, -0.2) is 16.4 Å². The van der Waals surface area contributed by atoms with Crippen LogP contribution in [0.5, 0.6) is 0 Å². The van der Waals surface area contributed by atoms with Gasteiger partial charge in [0.15, 0.2) is 5.42 Å². The lowest BCUT2D eigenvalue weighted by Crippen LogP contribution is -2.47. The van der Waals surface area contributed by atoms with E-state index in [0.29, 0.717) is 15.2 Å². The molecule has 6 nitrogen and oxygen atoms in total. The van der Waals surface area contributed by atoms with E-state index in [9.17, 15) is 14.4 Å². The number of hydrogen-bond acceptors (Lipinski definition) is 4. The van der Waals surface area contributed by atoms with E-state index in [1.165, 1.54) is 10.6 Å². The standard InChI is InChI=1S/C13H13BrN2O4/c1-3-4-8-11(7(2)14)20-13(19)16(8)9-5-6-10(17)15-12(9)18/h3-4,9H,1,5-6H2,2H3,(H,15,17,18)/b8-4+,11-7-. The zero-order valence-corrected chi connectivity index (χ0v) is 12.4. The third kappa shape index (κ3) is 2.53. The molecule has 1 unspecified atom stereocenters. The van der Waals surface area contributed by atoms with Gasteiger partial charge < -0.3 is 4.42 Å². The highest BCUT2D eigenvalue weighted by atomic mass is 79.9. The molecule has 0 radical (unpaired) electrons. The lowest BCUT2D eigenvalue weighted by atomic mass is 10.1. The Labute approximate surface area is 122 Å². The van der Waals surface area contributed by atoms with Gasteiger partial charge in [0.1, 0.15) is 6.04 Å². The molecule has 7 heteroatoms. The topological polar surface area (TPSA) is 81.3 Å². The fourth-order valence-corrected chi connectivity index (χ4v) is 2.42. The monoisotopic (exact) mass is 340 g/mol. The van der Waals surface area contributed by atoms with Crippen LogP contribution in [0.1, 0.15) is 25.8 Å². The van der Waals surface area contributed by atoms with Crippen LogP contribution in [0.25, 0.3) is 10.6 Å². The Hall–Kier alpha value is -1.89. The van der Waals surface area contributed by atoms with E-state index in [2.05, 4.69) is 27.8 Å². The van der Waals surface area contributed by atoms with Gasteiger partial charge in [0.05, 0.1) is 5.35 Å². The number of hydrogen-bond donors (Lipinski definition) is 1. The number of nitrogens with one attached hydrogen (secondary N) is 1. The number of oxazole rings is 1. The molecule has 0 bridgehead atoms. The fraction of sp³-hybridized carbons (Fsp3) is 0.308. The number of carbonyl (C=O) groups is 2. The Kier molecular flexibility index (Phi) is 4.08.